The zero-order valence-electron chi connectivity index (χ0n) is 47.6. The molecule has 0 aromatic rings. The standard InChI is InChI=1S/C9H17N.C8H15NO.C8H17NO.2C8H17N.C7H13F2NO.C7H14FN.2CH4/c1-8(2)10-7-6-9(10)4-3-5-9;1-6(2)9-4-7-3-8(5-9)10-7;1-7(2)9-4-8(5-9)6-10-3;1-7(2)9-5-8(3,4)6-9;1-7(2)9-6-4-5-8(9)3;1-5(2)10-3-6(4-10)11-7(8)9;1-6(2)9-4-7(3,8)5-9;;/h8H,3-7H2,1-2H3;6-8H,3-5H2,1-2H3;7-8H,4-6H2,1-3H3;7H,5-6H2,1-4H3;7-8H,4-6H2,1-3H3;5-7H,3-4H2,1-2H3;6H,4-5H2,1-3H3;2*1H4. The van der Waals surface area contributed by atoms with Gasteiger partial charge in [-0.05, 0) is 161 Å². The molecule has 0 aromatic heterocycles. The number of likely N-dealkylation sites (tertiary alicyclic amines) is 6. The summed E-state index contributed by atoms with van der Waals surface area (Å²) in [7, 11) is 1.78. The number of nitrogens with zero attached hydrogens (tertiary/aromatic N) is 7. The Kier molecular flexibility index (Phi) is 29.7. The lowest BCUT2D eigenvalue weighted by Gasteiger charge is -2.60. The van der Waals surface area contributed by atoms with Crippen molar-refractivity contribution in [2.24, 2.45) is 11.3 Å². The average molecular weight is 1010 g/mol. The molecule has 13 heteroatoms. The van der Waals surface area contributed by atoms with Crippen LogP contribution in [0.15, 0.2) is 0 Å². The molecular weight excluding hydrogens is 888 g/mol. The molecule has 9 aliphatic heterocycles. The molecule has 1 spiro atoms. The van der Waals surface area contributed by atoms with Gasteiger partial charge in [0.1, 0.15) is 5.67 Å². The van der Waals surface area contributed by atoms with Crippen molar-refractivity contribution in [3.05, 3.63) is 0 Å². The van der Waals surface area contributed by atoms with Crippen LogP contribution in [0.4, 0.5) is 13.2 Å². The van der Waals surface area contributed by atoms with Crippen molar-refractivity contribution in [2.45, 2.75) is 269 Å². The van der Waals surface area contributed by atoms with Crippen LogP contribution >= 0.6 is 0 Å². The van der Waals surface area contributed by atoms with Crippen molar-refractivity contribution in [3.63, 3.8) is 0 Å². The molecule has 70 heavy (non-hydrogen) atoms. The Balaban J connectivity index is 0.000000407. The van der Waals surface area contributed by atoms with E-state index >= 15 is 0 Å². The molecule has 420 valence electrons. The topological polar surface area (TPSA) is 50.4 Å². The van der Waals surface area contributed by atoms with Gasteiger partial charge in [0.25, 0.3) is 0 Å². The minimum Gasteiger partial charge on any atom is -0.384 e. The number of morpholine rings is 1. The number of fused-ring (bicyclic) bond motifs is 2. The zero-order valence-corrected chi connectivity index (χ0v) is 47.6. The van der Waals surface area contributed by atoms with Gasteiger partial charge in [0.15, 0.2) is 0 Å². The molecule has 3 unspecified atom stereocenters. The van der Waals surface area contributed by atoms with E-state index in [-0.39, 0.29) is 21.0 Å². The fraction of sp³-hybridized carbons (Fsp3) is 1.00. The van der Waals surface area contributed by atoms with Crippen LogP contribution in [-0.2, 0) is 14.2 Å². The second-order valence-electron chi connectivity index (χ2n) is 25.1. The fourth-order valence-electron chi connectivity index (χ4n) is 11.1. The summed E-state index contributed by atoms with van der Waals surface area (Å²) >= 11 is 0. The van der Waals surface area contributed by atoms with E-state index in [4.69, 9.17) is 9.47 Å². The van der Waals surface area contributed by atoms with E-state index in [0.717, 1.165) is 49.8 Å². The van der Waals surface area contributed by atoms with Crippen LogP contribution in [0.25, 0.3) is 0 Å². The molecule has 0 N–H and O–H groups in total. The highest BCUT2D eigenvalue weighted by Crippen LogP contribution is 2.48. The Hall–Kier alpha value is -0.610. The van der Waals surface area contributed by atoms with Gasteiger partial charge in [-0.2, -0.15) is 8.78 Å². The third-order valence-electron chi connectivity index (χ3n) is 15.9. The first-order chi connectivity index (χ1) is 31.6. The van der Waals surface area contributed by atoms with Gasteiger partial charge in [-0.3, -0.25) is 29.4 Å². The van der Waals surface area contributed by atoms with Crippen LogP contribution in [0, 0.1) is 11.3 Å². The maximum atomic E-state index is 12.8. The number of hydrogen-bond donors (Lipinski definition) is 0. The van der Waals surface area contributed by atoms with Gasteiger partial charge >= 0.3 is 6.61 Å². The Labute approximate surface area is 432 Å². The maximum absolute atomic E-state index is 12.8. The molecule has 10 fully saturated rings. The van der Waals surface area contributed by atoms with Gasteiger partial charge in [0, 0.05) is 145 Å². The quantitative estimate of drug-likeness (QED) is 0.200. The van der Waals surface area contributed by atoms with Crippen molar-refractivity contribution in [1.29, 1.82) is 0 Å². The molecule has 10 aliphatic rings. The zero-order chi connectivity index (χ0) is 51.3. The van der Waals surface area contributed by atoms with Gasteiger partial charge in [0.05, 0.1) is 24.9 Å². The summed E-state index contributed by atoms with van der Waals surface area (Å²) in [6.07, 6.45) is 10.9. The Morgan fingerprint density at radius 2 is 1.01 bits per heavy atom. The van der Waals surface area contributed by atoms with Gasteiger partial charge in [0.2, 0.25) is 0 Å². The van der Waals surface area contributed by atoms with Crippen molar-refractivity contribution < 1.29 is 27.4 Å². The van der Waals surface area contributed by atoms with E-state index in [1.807, 2.05) is 13.8 Å². The Bertz CT molecular complexity index is 1300. The molecule has 1 saturated carbocycles. The van der Waals surface area contributed by atoms with E-state index < -0.39 is 12.3 Å². The highest BCUT2D eigenvalue weighted by Gasteiger charge is 2.49. The monoisotopic (exact) mass is 1010 g/mol. The van der Waals surface area contributed by atoms with Crippen molar-refractivity contribution in [3.8, 4) is 0 Å². The van der Waals surface area contributed by atoms with Crippen LogP contribution in [-0.4, -0.2) is 211 Å². The average Bonchev–Trinajstić information content (AvgIpc) is 3.58. The maximum Gasteiger partial charge on any atom is 0.345 e. The first kappa shape index (κ1) is 67.4. The Morgan fingerprint density at radius 1 is 0.571 bits per heavy atom. The summed E-state index contributed by atoms with van der Waals surface area (Å²) in [5.74, 6) is 0.799. The minimum atomic E-state index is -2.62. The SMILES string of the molecule is C.C.CC(C)N1CC(C)(C)C1.CC(C)N1CC(C)(F)C1.CC(C)N1CC(OC(F)F)C1.CC(C)N1CC2CC(C1)O2.CC(C)N1CCC12CCC2.CC(C)N1CCCC1C.COCC1CN(C(C)C)C1. The van der Waals surface area contributed by atoms with Gasteiger partial charge < -0.3 is 19.1 Å². The van der Waals surface area contributed by atoms with Crippen LogP contribution in [0.1, 0.15) is 184 Å². The van der Waals surface area contributed by atoms with Gasteiger partial charge in [-0.15, -0.1) is 0 Å². The van der Waals surface area contributed by atoms with Gasteiger partial charge in [-0.25, -0.2) is 4.39 Å². The molecule has 10 nitrogen and oxygen atoms in total. The lowest BCUT2D eigenvalue weighted by molar-refractivity contribution is -0.199. The predicted octanol–water partition coefficient (Wildman–Crippen LogP) is 11.5. The molecule has 3 atom stereocenters. The summed E-state index contributed by atoms with van der Waals surface area (Å²) < 4.78 is 50.8. The summed E-state index contributed by atoms with van der Waals surface area (Å²) in [5, 5.41) is 0. The molecule has 0 radical (unpaired) electrons. The summed E-state index contributed by atoms with van der Waals surface area (Å²) in [6, 6.07) is 5.49. The molecule has 1 aliphatic carbocycles. The number of halogens is 3. The predicted molar refractivity (Wildman–Crippen MR) is 293 cm³/mol. The highest BCUT2D eigenvalue weighted by atomic mass is 19.3. The number of hydrogen-bond acceptors (Lipinski definition) is 10. The van der Waals surface area contributed by atoms with E-state index in [2.05, 4.69) is 143 Å². The molecule has 10 rings (SSSR count). The number of rotatable bonds is 11. The minimum absolute atomic E-state index is 0. The van der Waals surface area contributed by atoms with E-state index in [1.54, 1.807) is 14.0 Å². The molecule has 9 heterocycles. The highest BCUT2D eigenvalue weighted by molar-refractivity contribution is 5.06. The van der Waals surface area contributed by atoms with Crippen LogP contribution in [0.5, 0.6) is 0 Å². The molecule has 2 bridgehead atoms. The second-order valence-corrected chi connectivity index (χ2v) is 25.1. The van der Waals surface area contributed by atoms with E-state index in [9.17, 15) is 13.2 Å². The first-order valence-corrected chi connectivity index (χ1v) is 27.6. The molecule has 0 amide bonds. The Morgan fingerprint density at radius 3 is 1.24 bits per heavy atom. The largest absolute Gasteiger partial charge is 0.384 e. The van der Waals surface area contributed by atoms with Crippen molar-refractivity contribution >= 4 is 0 Å². The van der Waals surface area contributed by atoms with Gasteiger partial charge in [-0.1, -0.05) is 28.7 Å². The summed E-state index contributed by atoms with van der Waals surface area (Å²) in [5.41, 5.74) is 0.419. The third-order valence-corrected chi connectivity index (χ3v) is 15.9. The van der Waals surface area contributed by atoms with Crippen LogP contribution in [0.3, 0.4) is 0 Å². The summed E-state index contributed by atoms with van der Waals surface area (Å²) in [6.45, 7) is 50.5. The third kappa shape index (κ3) is 21.9. The lowest BCUT2D eigenvalue weighted by atomic mass is 9.67. The van der Waals surface area contributed by atoms with Crippen molar-refractivity contribution in [2.75, 3.05) is 92.3 Å². The molecular formula is C57H118F3N7O3. The van der Waals surface area contributed by atoms with Crippen molar-refractivity contribution in [1.82, 2.24) is 34.3 Å². The number of ether oxygens (including phenoxy) is 3. The summed E-state index contributed by atoms with van der Waals surface area (Å²) in [4.78, 5) is 16.9. The van der Waals surface area contributed by atoms with E-state index in [1.165, 1.54) is 84.2 Å². The number of methoxy groups -OCH3 is 1. The first-order valence-electron chi connectivity index (χ1n) is 27.6. The normalized spacial score (nSPS) is 27.1. The number of alkyl halides is 3. The van der Waals surface area contributed by atoms with E-state index in [0.29, 0.717) is 73.5 Å². The second kappa shape index (κ2) is 30.8. The fourth-order valence-corrected chi connectivity index (χ4v) is 11.1. The lowest BCUT2D eigenvalue weighted by Crippen LogP contribution is -2.65. The molecule has 9 saturated heterocycles. The van der Waals surface area contributed by atoms with Crippen LogP contribution in [0.2, 0.25) is 0 Å². The van der Waals surface area contributed by atoms with Crippen LogP contribution < -0.4 is 0 Å². The smallest absolute Gasteiger partial charge is 0.345 e. The number of piperidine rings is 1. The molecule has 0 aromatic carbocycles.